The summed E-state index contributed by atoms with van der Waals surface area (Å²) in [5, 5.41) is 8.86. The Morgan fingerprint density at radius 2 is 2.29 bits per heavy atom. The van der Waals surface area contributed by atoms with Crippen LogP contribution in [0.1, 0.15) is 28.8 Å². The van der Waals surface area contributed by atoms with Gasteiger partial charge in [-0.05, 0) is 27.0 Å². The maximum atomic E-state index is 10.8. The van der Waals surface area contributed by atoms with Crippen LogP contribution in [0.4, 0.5) is 0 Å². The van der Waals surface area contributed by atoms with E-state index in [9.17, 15) is 4.79 Å². The molecule has 96 valence electrons. The second-order valence-electron chi connectivity index (χ2n) is 3.96. The van der Waals surface area contributed by atoms with Gasteiger partial charge in [0.05, 0.1) is 13.2 Å². The topological polar surface area (TPSA) is 62.9 Å². The summed E-state index contributed by atoms with van der Waals surface area (Å²) in [7, 11) is 1.94. The quantitative estimate of drug-likeness (QED) is 0.737. The van der Waals surface area contributed by atoms with Crippen LogP contribution >= 0.6 is 0 Å². The van der Waals surface area contributed by atoms with Crippen LogP contribution in [0, 0.1) is 6.92 Å². The van der Waals surface area contributed by atoms with Gasteiger partial charge in [-0.1, -0.05) is 0 Å². The van der Waals surface area contributed by atoms with Gasteiger partial charge in [0.1, 0.15) is 5.76 Å². The van der Waals surface area contributed by atoms with Crippen molar-refractivity contribution in [3.8, 4) is 0 Å². The van der Waals surface area contributed by atoms with Crippen molar-refractivity contribution in [3.63, 3.8) is 0 Å². The third-order valence-corrected chi connectivity index (χ3v) is 2.41. The van der Waals surface area contributed by atoms with Crippen molar-refractivity contribution in [2.45, 2.75) is 20.4 Å². The lowest BCUT2D eigenvalue weighted by molar-refractivity contribution is 0.0656. The van der Waals surface area contributed by atoms with Crippen LogP contribution in [-0.2, 0) is 11.3 Å². The monoisotopic (exact) mass is 241 g/mol. The number of hydrogen-bond donors (Lipinski definition) is 1. The number of likely N-dealkylation sites (N-methyl/N-ethyl adjacent to an activating group) is 1. The normalized spacial score (nSPS) is 11.1. The molecule has 0 unspecified atom stereocenters. The van der Waals surface area contributed by atoms with Gasteiger partial charge in [0.25, 0.3) is 0 Å². The SMILES string of the molecule is CCOCCN(C)Cc1cc(C)c(C(=O)O)o1. The van der Waals surface area contributed by atoms with Crippen LogP contribution in [-0.4, -0.2) is 42.8 Å². The number of carboxylic acids is 1. The van der Waals surface area contributed by atoms with Crippen molar-refractivity contribution in [2.24, 2.45) is 0 Å². The van der Waals surface area contributed by atoms with Gasteiger partial charge < -0.3 is 14.3 Å². The van der Waals surface area contributed by atoms with Gasteiger partial charge in [0.2, 0.25) is 5.76 Å². The highest BCUT2D eigenvalue weighted by atomic mass is 16.5. The van der Waals surface area contributed by atoms with Crippen molar-refractivity contribution in [3.05, 3.63) is 23.2 Å². The molecule has 5 heteroatoms. The minimum atomic E-state index is -1.02. The fourth-order valence-corrected chi connectivity index (χ4v) is 1.55. The first-order valence-electron chi connectivity index (χ1n) is 5.63. The molecule has 0 bridgehead atoms. The van der Waals surface area contributed by atoms with E-state index in [-0.39, 0.29) is 5.76 Å². The largest absolute Gasteiger partial charge is 0.475 e. The highest BCUT2D eigenvalue weighted by Gasteiger charge is 2.14. The van der Waals surface area contributed by atoms with Gasteiger partial charge in [-0.2, -0.15) is 0 Å². The number of aromatic carboxylic acids is 1. The van der Waals surface area contributed by atoms with E-state index < -0.39 is 5.97 Å². The molecule has 5 nitrogen and oxygen atoms in total. The lowest BCUT2D eigenvalue weighted by atomic mass is 10.2. The number of aryl methyl sites for hydroxylation is 1. The molecule has 1 N–H and O–H groups in total. The Labute approximate surface area is 101 Å². The van der Waals surface area contributed by atoms with Gasteiger partial charge in [0.15, 0.2) is 0 Å². The number of rotatable bonds is 7. The number of nitrogens with zero attached hydrogens (tertiary/aromatic N) is 1. The molecule has 0 radical (unpaired) electrons. The van der Waals surface area contributed by atoms with E-state index in [1.54, 1.807) is 13.0 Å². The summed E-state index contributed by atoms with van der Waals surface area (Å²) in [6.45, 7) is 6.43. The zero-order valence-corrected chi connectivity index (χ0v) is 10.5. The summed E-state index contributed by atoms with van der Waals surface area (Å²) in [6.07, 6.45) is 0. The second kappa shape index (κ2) is 6.42. The summed E-state index contributed by atoms with van der Waals surface area (Å²) >= 11 is 0. The van der Waals surface area contributed by atoms with Gasteiger partial charge in [0, 0.05) is 18.7 Å². The van der Waals surface area contributed by atoms with Crippen molar-refractivity contribution >= 4 is 5.97 Å². The molecule has 0 aromatic carbocycles. The Bertz CT molecular complexity index is 373. The highest BCUT2D eigenvalue weighted by molar-refractivity contribution is 5.86. The van der Waals surface area contributed by atoms with Gasteiger partial charge in [-0.3, -0.25) is 4.90 Å². The number of ether oxygens (including phenoxy) is 1. The third-order valence-electron chi connectivity index (χ3n) is 2.41. The van der Waals surface area contributed by atoms with E-state index >= 15 is 0 Å². The number of carboxylic acid groups (broad SMARTS) is 1. The fraction of sp³-hybridized carbons (Fsp3) is 0.583. The summed E-state index contributed by atoms with van der Waals surface area (Å²) in [5.41, 5.74) is 0.658. The van der Waals surface area contributed by atoms with Gasteiger partial charge in [-0.15, -0.1) is 0 Å². The zero-order valence-electron chi connectivity index (χ0n) is 10.5. The summed E-state index contributed by atoms with van der Waals surface area (Å²) < 4.78 is 10.5. The van der Waals surface area contributed by atoms with E-state index in [1.807, 2.05) is 18.9 Å². The Morgan fingerprint density at radius 1 is 1.59 bits per heavy atom. The molecule has 1 aromatic heterocycles. The molecular weight excluding hydrogens is 222 g/mol. The smallest absolute Gasteiger partial charge is 0.372 e. The standard InChI is InChI=1S/C12H19NO4/c1-4-16-6-5-13(3)8-10-7-9(2)11(17-10)12(14)15/h7H,4-6,8H2,1-3H3,(H,14,15). The fourth-order valence-electron chi connectivity index (χ4n) is 1.55. The number of furan rings is 1. The molecule has 0 fully saturated rings. The Hall–Kier alpha value is -1.33. The van der Waals surface area contributed by atoms with Crippen LogP contribution in [0.2, 0.25) is 0 Å². The minimum absolute atomic E-state index is 0.0261. The summed E-state index contributed by atoms with van der Waals surface area (Å²) in [6, 6.07) is 1.76. The van der Waals surface area contributed by atoms with Crippen molar-refractivity contribution in [2.75, 3.05) is 26.8 Å². The zero-order chi connectivity index (χ0) is 12.8. The van der Waals surface area contributed by atoms with Crippen molar-refractivity contribution in [1.29, 1.82) is 0 Å². The molecule has 0 spiro atoms. The van der Waals surface area contributed by atoms with E-state index in [0.29, 0.717) is 31.1 Å². The average Bonchev–Trinajstić information content (AvgIpc) is 2.60. The van der Waals surface area contributed by atoms with Crippen LogP contribution in [0.15, 0.2) is 10.5 Å². The maximum Gasteiger partial charge on any atom is 0.372 e. The second-order valence-corrected chi connectivity index (χ2v) is 3.96. The summed E-state index contributed by atoms with van der Waals surface area (Å²) in [4.78, 5) is 12.8. The molecule has 0 saturated carbocycles. The Balaban J connectivity index is 2.51. The maximum absolute atomic E-state index is 10.8. The van der Waals surface area contributed by atoms with Gasteiger partial charge in [-0.25, -0.2) is 4.79 Å². The summed E-state index contributed by atoms with van der Waals surface area (Å²) in [5.74, 6) is -0.331. The van der Waals surface area contributed by atoms with Crippen LogP contribution in [0.25, 0.3) is 0 Å². The number of hydrogen-bond acceptors (Lipinski definition) is 4. The average molecular weight is 241 g/mol. The Morgan fingerprint density at radius 3 is 2.82 bits per heavy atom. The first-order chi connectivity index (χ1) is 8.04. The number of carbonyl (C=O) groups is 1. The van der Waals surface area contributed by atoms with Gasteiger partial charge >= 0.3 is 5.97 Å². The molecule has 1 rings (SSSR count). The van der Waals surface area contributed by atoms with E-state index in [4.69, 9.17) is 14.3 Å². The van der Waals surface area contributed by atoms with Crippen LogP contribution < -0.4 is 0 Å². The van der Waals surface area contributed by atoms with Crippen molar-refractivity contribution < 1.29 is 19.1 Å². The van der Waals surface area contributed by atoms with E-state index in [1.165, 1.54) is 0 Å². The first kappa shape index (κ1) is 13.7. The van der Waals surface area contributed by atoms with E-state index in [2.05, 4.69) is 0 Å². The Kier molecular flexibility index (Phi) is 5.18. The van der Waals surface area contributed by atoms with Crippen LogP contribution in [0.5, 0.6) is 0 Å². The molecule has 0 aliphatic carbocycles. The lowest BCUT2D eigenvalue weighted by Gasteiger charge is -2.14. The molecule has 0 saturated heterocycles. The predicted octanol–water partition coefficient (Wildman–Crippen LogP) is 1.75. The molecule has 0 amide bonds. The molecule has 17 heavy (non-hydrogen) atoms. The molecule has 1 aromatic rings. The lowest BCUT2D eigenvalue weighted by Crippen LogP contribution is -2.22. The predicted molar refractivity (Wildman–Crippen MR) is 63.2 cm³/mol. The van der Waals surface area contributed by atoms with Crippen LogP contribution in [0.3, 0.4) is 0 Å². The third kappa shape index (κ3) is 4.20. The highest BCUT2D eigenvalue weighted by Crippen LogP contribution is 2.15. The van der Waals surface area contributed by atoms with E-state index in [0.717, 1.165) is 6.54 Å². The van der Waals surface area contributed by atoms with Crippen molar-refractivity contribution in [1.82, 2.24) is 4.90 Å². The molecule has 0 atom stereocenters. The first-order valence-corrected chi connectivity index (χ1v) is 5.63. The molecular formula is C12H19NO4. The molecule has 1 heterocycles. The molecule has 0 aliphatic rings. The minimum Gasteiger partial charge on any atom is -0.475 e. The molecule has 0 aliphatic heterocycles.